The number of amides is 2. The summed E-state index contributed by atoms with van der Waals surface area (Å²) in [6.45, 7) is -1.98. The molecule has 2 amide bonds. The highest BCUT2D eigenvalue weighted by molar-refractivity contribution is 5.76. The van der Waals surface area contributed by atoms with E-state index in [4.69, 9.17) is 33.2 Å². The van der Waals surface area contributed by atoms with Crippen molar-refractivity contribution in [2.45, 2.75) is 149 Å². The molecule has 330 valence electrons. The summed E-state index contributed by atoms with van der Waals surface area (Å²) in [4.78, 5) is 36.9. The van der Waals surface area contributed by atoms with Gasteiger partial charge in [0.1, 0.15) is 91.5 Å². The molecular weight excluding hydrogens is 784 g/mol. The second-order valence-corrected chi connectivity index (χ2v) is 14.0. The largest absolute Gasteiger partial charge is 0.477 e. The first-order chi connectivity index (χ1) is 26.7. The number of hydrogen-bond acceptors (Lipinski definition) is 23. The minimum Gasteiger partial charge on any atom is -0.477 e. The molecule has 0 spiro atoms. The van der Waals surface area contributed by atoms with Crippen molar-refractivity contribution in [1.82, 2.24) is 10.6 Å². The summed E-state index contributed by atoms with van der Waals surface area (Å²) in [5.41, 5.74) is 0. The van der Waals surface area contributed by atoms with Crippen molar-refractivity contribution in [2.24, 2.45) is 0 Å². The Balaban J connectivity index is 1.63. The molecule has 4 heterocycles. The molecule has 4 aliphatic rings. The minimum absolute atomic E-state index is 0.787. The van der Waals surface area contributed by atoms with Crippen molar-refractivity contribution in [3.63, 3.8) is 0 Å². The normalized spacial score (nSPS) is 45.1. The van der Waals surface area contributed by atoms with E-state index in [1.807, 2.05) is 0 Å². The van der Waals surface area contributed by atoms with Crippen LogP contribution in [0.4, 0.5) is 0 Å². The predicted molar refractivity (Wildman–Crippen MR) is 174 cm³/mol. The van der Waals surface area contributed by atoms with Crippen LogP contribution >= 0.6 is 0 Å². The highest BCUT2D eigenvalue weighted by atomic mass is 16.8. The summed E-state index contributed by atoms with van der Waals surface area (Å²) in [5.74, 6) is -6.74. The van der Waals surface area contributed by atoms with Crippen LogP contribution in [0.15, 0.2) is 0 Å². The summed E-state index contributed by atoms with van der Waals surface area (Å²) < 4.78 is 38.8. The molecule has 0 aromatic carbocycles. The zero-order valence-corrected chi connectivity index (χ0v) is 30.4. The number of carbonyl (C=O) groups is 3. The second kappa shape index (κ2) is 19.8. The van der Waals surface area contributed by atoms with E-state index in [9.17, 15) is 85.9 Å². The molecule has 57 heavy (non-hydrogen) atoms. The van der Waals surface area contributed by atoms with Gasteiger partial charge < -0.3 is 115 Å². The molecule has 16 N–H and O–H groups in total. The smallest absolute Gasteiger partial charge is 0.364 e. The van der Waals surface area contributed by atoms with Gasteiger partial charge >= 0.3 is 5.97 Å². The molecular formula is C31H52N2O24. The fourth-order valence-corrected chi connectivity index (χ4v) is 7.05. The summed E-state index contributed by atoms with van der Waals surface area (Å²) >= 11 is 0. The van der Waals surface area contributed by atoms with Crippen molar-refractivity contribution in [2.75, 3.05) is 26.4 Å². The minimum atomic E-state index is -3.12. The van der Waals surface area contributed by atoms with Gasteiger partial charge in [0.2, 0.25) is 11.8 Å². The van der Waals surface area contributed by atoms with E-state index in [0.717, 1.165) is 13.8 Å². The van der Waals surface area contributed by atoms with Crippen LogP contribution in [0, 0.1) is 0 Å². The Labute approximate surface area is 322 Å². The first-order valence-corrected chi connectivity index (χ1v) is 17.7. The zero-order valence-electron chi connectivity index (χ0n) is 30.4. The van der Waals surface area contributed by atoms with E-state index in [2.05, 4.69) is 10.6 Å². The number of aliphatic hydroxyl groups excluding tert-OH is 13. The molecule has 21 atom stereocenters. The Bertz CT molecular complexity index is 1350. The molecule has 26 nitrogen and oxygen atoms in total. The Morgan fingerprint density at radius 2 is 1.21 bits per heavy atom. The molecule has 0 bridgehead atoms. The number of rotatable bonds is 15. The van der Waals surface area contributed by atoms with Crippen LogP contribution in [0.1, 0.15) is 20.3 Å². The fourth-order valence-electron chi connectivity index (χ4n) is 7.05. The molecule has 0 aromatic rings. The number of ether oxygens (including phenoxy) is 7. The summed E-state index contributed by atoms with van der Waals surface area (Å²) in [7, 11) is 0. The number of hydrogen-bond donors (Lipinski definition) is 16. The SMILES string of the molecule is CC(=O)N[C@H]1[C@H](O[C@@H]2[C@@H](O)[C@@H](O)O[C@H](CO)[C@@H]2O)O[C@H](CO)[C@@H](O[C@@H]2O[C@H](CO)[C@H](O)[C@H](O[C@]3(C(=O)O)C[C@H](O)[C@@H](NC(C)=O)[C@H]([C@H](O)[C@H](O)CO)O3)[C@H]2O)[C@@H]1O. The second-order valence-electron chi connectivity index (χ2n) is 14.0. The van der Waals surface area contributed by atoms with E-state index < -0.39 is 179 Å². The number of carboxylic acids is 1. The van der Waals surface area contributed by atoms with Gasteiger partial charge in [-0.2, -0.15) is 0 Å². The van der Waals surface area contributed by atoms with Crippen molar-refractivity contribution < 1.29 is 119 Å². The number of carbonyl (C=O) groups excluding carboxylic acids is 2. The third-order valence-electron chi connectivity index (χ3n) is 9.98. The van der Waals surface area contributed by atoms with Crippen molar-refractivity contribution >= 4 is 17.8 Å². The average Bonchev–Trinajstić information content (AvgIpc) is 3.16. The van der Waals surface area contributed by atoms with Crippen LogP contribution in [0.5, 0.6) is 0 Å². The van der Waals surface area contributed by atoms with E-state index in [1.54, 1.807) is 0 Å². The van der Waals surface area contributed by atoms with Crippen LogP contribution in [0.3, 0.4) is 0 Å². The van der Waals surface area contributed by atoms with Gasteiger partial charge in [-0.3, -0.25) is 9.59 Å². The maximum absolute atomic E-state index is 12.8. The molecule has 0 aromatic heterocycles. The van der Waals surface area contributed by atoms with Crippen LogP contribution in [0.25, 0.3) is 0 Å². The third kappa shape index (κ3) is 10.2. The summed E-state index contributed by atoms with van der Waals surface area (Å²) in [6, 6.07) is -3.30. The number of nitrogens with one attached hydrogen (secondary N) is 2. The van der Waals surface area contributed by atoms with Gasteiger partial charge in [-0.15, -0.1) is 0 Å². The zero-order chi connectivity index (χ0) is 42.7. The van der Waals surface area contributed by atoms with Gasteiger partial charge in [0.05, 0.1) is 38.6 Å². The predicted octanol–water partition coefficient (Wildman–Crippen LogP) is -10.3. The lowest BCUT2D eigenvalue weighted by Crippen LogP contribution is -2.71. The van der Waals surface area contributed by atoms with Gasteiger partial charge in [-0.05, 0) is 0 Å². The topological polar surface area (TPSA) is 423 Å². The monoisotopic (exact) mass is 836 g/mol. The van der Waals surface area contributed by atoms with Crippen molar-refractivity contribution in [1.29, 1.82) is 0 Å². The van der Waals surface area contributed by atoms with Gasteiger partial charge in [-0.1, -0.05) is 0 Å². The first kappa shape index (κ1) is 47.3. The van der Waals surface area contributed by atoms with E-state index in [-0.39, 0.29) is 0 Å². The number of aliphatic hydroxyl groups is 13. The summed E-state index contributed by atoms with van der Waals surface area (Å²) in [5, 5.41) is 151. The molecule has 4 rings (SSSR count). The van der Waals surface area contributed by atoms with Crippen LogP contribution in [-0.4, -0.2) is 244 Å². The number of carboxylic acid groups (broad SMARTS) is 1. The van der Waals surface area contributed by atoms with E-state index in [1.165, 1.54) is 0 Å². The van der Waals surface area contributed by atoms with Gasteiger partial charge in [0.25, 0.3) is 5.79 Å². The Hall–Kier alpha value is -2.39. The van der Waals surface area contributed by atoms with E-state index >= 15 is 0 Å². The number of aliphatic carboxylic acids is 1. The van der Waals surface area contributed by atoms with Gasteiger partial charge in [0.15, 0.2) is 18.9 Å². The summed E-state index contributed by atoms with van der Waals surface area (Å²) in [6.07, 6.45) is -36.2. The maximum atomic E-state index is 12.8. The molecule has 0 radical (unpaired) electrons. The molecule has 0 saturated carbocycles. The molecule has 4 saturated heterocycles. The molecule has 0 aliphatic carbocycles. The maximum Gasteiger partial charge on any atom is 0.364 e. The Morgan fingerprint density at radius 3 is 1.75 bits per heavy atom. The van der Waals surface area contributed by atoms with Gasteiger partial charge in [-0.25, -0.2) is 4.79 Å². The first-order valence-electron chi connectivity index (χ1n) is 17.7. The quantitative estimate of drug-likeness (QED) is 0.0728. The molecule has 4 aliphatic heterocycles. The molecule has 26 heteroatoms. The highest BCUT2D eigenvalue weighted by Crippen LogP contribution is 2.39. The fraction of sp³-hybridized carbons (Fsp3) is 0.903. The standard InChI is InChI=1S/C31H52N2O24/c1-8(38)32-15-10(40)3-31(30(49)50,56-24(15)17(42)11(41)4-34)57-26-19(44)13(6-36)52-29(22(26)47)54-23-14(7-37)53-28(16(20(23)45)33-9(2)39)55-25-18(43)12(5-35)51-27(48)21(25)46/h10-29,34-37,40-48H,3-7H2,1-2H3,(H,32,38)(H,33,39)(H,49,50)/t10-,11+,12+,13+,14+,15+,16+,17+,18-,19-,20+,21+,22+,23+,24+,25-,26-,27-,28-,29-,31-/m0/s1. The lowest BCUT2D eigenvalue weighted by molar-refractivity contribution is -0.386. The van der Waals surface area contributed by atoms with Crippen LogP contribution in [-0.2, 0) is 47.5 Å². The van der Waals surface area contributed by atoms with Crippen molar-refractivity contribution in [3.05, 3.63) is 0 Å². The molecule has 0 unspecified atom stereocenters. The van der Waals surface area contributed by atoms with Crippen LogP contribution < -0.4 is 10.6 Å². The lowest BCUT2D eigenvalue weighted by Gasteiger charge is -2.51. The highest BCUT2D eigenvalue weighted by Gasteiger charge is 2.60. The third-order valence-corrected chi connectivity index (χ3v) is 9.98. The Kier molecular flexibility index (Phi) is 16.4. The van der Waals surface area contributed by atoms with Crippen molar-refractivity contribution in [3.8, 4) is 0 Å². The molecule has 4 fully saturated rings. The Morgan fingerprint density at radius 1 is 0.684 bits per heavy atom. The van der Waals surface area contributed by atoms with Crippen LogP contribution in [0.2, 0.25) is 0 Å². The lowest BCUT2D eigenvalue weighted by atomic mass is 9.88. The van der Waals surface area contributed by atoms with Gasteiger partial charge in [0, 0.05) is 20.3 Å². The average molecular weight is 837 g/mol. The van der Waals surface area contributed by atoms with E-state index in [0.29, 0.717) is 0 Å².